The first-order valence-electron chi connectivity index (χ1n) is 7.07. The minimum Gasteiger partial charge on any atom is -0.374 e. The van der Waals surface area contributed by atoms with Gasteiger partial charge in [0.2, 0.25) is 0 Å². The summed E-state index contributed by atoms with van der Waals surface area (Å²) < 4.78 is 5.93. The molecule has 2 aliphatic rings. The monoisotopic (exact) mass is 290 g/mol. The Morgan fingerprint density at radius 2 is 2.15 bits per heavy atom. The summed E-state index contributed by atoms with van der Waals surface area (Å²) in [6, 6.07) is 0. The average molecular weight is 290 g/mol. The molecule has 0 spiro atoms. The van der Waals surface area contributed by atoms with Crippen LogP contribution in [0.3, 0.4) is 0 Å². The first-order chi connectivity index (χ1) is 9.67. The topological polar surface area (TPSA) is 73.1 Å². The number of thiophene rings is 1. The maximum absolute atomic E-state index is 5.93. The molecule has 4 heterocycles. The van der Waals surface area contributed by atoms with Gasteiger partial charge in [-0.1, -0.05) is 0 Å². The normalized spacial score (nSPS) is 28.4. The molecule has 0 aliphatic carbocycles. The predicted molar refractivity (Wildman–Crippen MR) is 80.0 cm³/mol. The van der Waals surface area contributed by atoms with Crippen molar-refractivity contribution >= 4 is 27.4 Å². The maximum Gasteiger partial charge on any atom is 0.152 e. The summed E-state index contributed by atoms with van der Waals surface area (Å²) in [6.07, 6.45) is 4.06. The van der Waals surface area contributed by atoms with E-state index in [2.05, 4.69) is 24.3 Å². The third-order valence-corrected chi connectivity index (χ3v) is 5.72. The van der Waals surface area contributed by atoms with Crippen molar-refractivity contribution in [1.82, 2.24) is 9.97 Å². The number of aryl methyl sites for hydroxylation is 2. The molecule has 2 aromatic rings. The number of fused-ring (bicyclic) bond motifs is 3. The van der Waals surface area contributed by atoms with Crippen molar-refractivity contribution in [2.75, 3.05) is 5.43 Å². The number of hydrogen-bond acceptors (Lipinski definition) is 6. The molecule has 2 aromatic heterocycles. The van der Waals surface area contributed by atoms with Gasteiger partial charge < -0.3 is 10.2 Å². The Hall–Kier alpha value is -1.24. The van der Waals surface area contributed by atoms with Crippen LogP contribution in [0.15, 0.2) is 0 Å². The van der Waals surface area contributed by atoms with Crippen molar-refractivity contribution in [3.05, 3.63) is 16.3 Å². The Morgan fingerprint density at radius 3 is 2.80 bits per heavy atom. The molecule has 3 atom stereocenters. The van der Waals surface area contributed by atoms with Crippen LogP contribution in [0.2, 0.25) is 0 Å². The predicted octanol–water partition coefficient (Wildman–Crippen LogP) is 2.63. The second-order valence-corrected chi connectivity index (χ2v) is 6.96. The van der Waals surface area contributed by atoms with Gasteiger partial charge in [-0.05, 0) is 38.7 Å². The van der Waals surface area contributed by atoms with E-state index in [1.807, 2.05) is 0 Å². The molecule has 3 unspecified atom stereocenters. The number of hydrazine groups is 1. The number of nitrogen functional groups attached to an aromatic ring is 1. The third kappa shape index (κ3) is 1.68. The van der Waals surface area contributed by atoms with E-state index in [-0.39, 0.29) is 0 Å². The van der Waals surface area contributed by atoms with E-state index in [1.165, 1.54) is 16.9 Å². The van der Waals surface area contributed by atoms with Crippen LogP contribution in [-0.4, -0.2) is 22.2 Å². The van der Waals surface area contributed by atoms with Gasteiger partial charge >= 0.3 is 0 Å². The molecule has 0 aromatic carbocycles. The van der Waals surface area contributed by atoms with Crippen LogP contribution in [0.1, 0.15) is 41.4 Å². The Labute approximate surface area is 121 Å². The van der Waals surface area contributed by atoms with Gasteiger partial charge in [-0.2, -0.15) is 0 Å². The minimum atomic E-state index is 0.297. The highest BCUT2D eigenvalue weighted by atomic mass is 32.1. The van der Waals surface area contributed by atoms with Gasteiger partial charge in [-0.25, -0.2) is 15.8 Å². The zero-order chi connectivity index (χ0) is 13.9. The van der Waals surface area contributed by atoms with Crippen molar-refractivity contribution in [3.8, 4) is 0 Å². The van der Waals surface area contributed by atoms with Gasteiger partial charge in [-0.3, -0.25) is 0 Å². The number of nitrogens with zero attached hydrogens (tertiary/aromatic N) is 2. The summed E-state index contributed by atoms with van der Waals surface area (Å²) >= 11 is 1.71. The number of nitrogens with two attached hydrogens (primary N) is 1. The lowest BCUT2D eigenvalue weighted by Crippen LogP contribution is -2.19. The van der Waals surface area contributed by atoms with Gasteiger partial charge in [0.05, 0.1) is 17.6 Å². The van der Waals surface area contributed by atoms with E-state index in [0.717, 1.165) is 34.7 Å². The maximum atomic E-state index is 5.93. The number of aromatic nitrogens is 2. The molecule has 6 heteroatoms. The summed E-state index contributed by atoms with van der Waals surface area (Å²) in [7, 11) is 0. The number of anilines is 1. The van der Waals surface area contributed by atoms with Crippen LogP contribution in [0.5, 0.6) is 0 Å². The van der Waals surface area contributed by atoms with Crippen LogP contribution in [0.4, 0.5) is 5.82 Å². The van der Waals surface area contributed by atoms with Crippen molar-refractivity contribution < 1.29 is 4.74 Å². The molecule has 2 fully saturated rings. The Kier molecular flexibility index (Phi) is 2.73. The average Bonchev–Trinajstić information content (AvgIpc) is 3.14. The van der Waals surface area contributed by atoms with Crippen LogP contribution in [-0.2, 0) is 4.74 Å². The van der Waals surface area contributed by atoms with E-state index in [1.54, 1.807) is 11.3 Å². The molecule has 0 saturated carbocycles. The number of hydrogen-bond donors (Lipinski definition) is 2. The van der Waals surface area contributed by atoms with Crippen molar-refractivity contribution in [2.24, 2.45) is 5.84 Å². The number of nitrogens with one attached hydrogen (secondary N) is 1. The van der Waals surface area contributed by atoms with E-state index >= 15 is 0 Å². The lowest BCUT2D eigenvalue weighted by molar-refractivity contribution is 0.0999. The molecule has 2 aliphatic heterocycles. The number of ether oxygens (including phenoxy) is 1. The van der Waals surface area contributed by atoms with Gasteiger partial charge in [0, 0.05) is 10.8 Å². The first kappa shape index (κ1) is 12.5. The minimum absolute atomic E-state index is 0.297. The van der Waals surface area contributed by atoms with E-state index in [4.69, 9.17) is 15.6 Å². The van der Waals surface area contributed by atoms with Gasteiger partial charge in [0.25, 0.3) is 0 Å². The SMILES string of the molecule is Cc1sc2nc(C3CC4CCC3O4)nc(NN)c2c1C. The lowest BCUT2D eigenvalue weighted by Gasteiger charge is -2.17. The highest BCUT2D eigenvalue weighted by Gasteiger charge is 2.43. The first-order valence-corrected chi connectivity index (χ1v) is 7.88. The summed E-state index contributed by atoms with van der Waals surface area (Å²) in [4.78, 5) is 11.8. The quantitative estimate of drug-likeness (QED) is 0.657. The molecule has 5 nitrogen and oxygen atoms in total. The molecule has 2 bridgehead atoms. The summed E-state index contributed by atoms with van der Waals surface area (Å²) in [5.41, 5.74) is 3.96. The Morgan fingerprint density at radius 1 is 1.30 bits per heavy atom. The van der Waals surface area contributed by atoms with Crippen LogP contribution < -0.4 is 11.3 Å². The molecule has 4 rings (SSSR count). The second kappa shape index (κ2) is 4.38. The molecule has 3 N–H and O–H groups in total. The van der Waals surface area contributed by atoms with E-state index < -0.39 is 0 Å². The fourth-order valence-corrected chi connectivity index (χ4v) is 4.48. The van der Waals surface area contributed by atoms with Gasteiger partial charge in [-0.15, -0.1) is 11.3 Å². The fourth-order valence-electron chi connectivity index (χ4n) is 3.45. The molecule has 2 saturated heterocycles. The molecule has 0 radical (unpaired) electrons. The smallest absolute Gasteiger partial charge is 0.152 e. The van der Waals surface area contributed by atoms with Crippen molar-refractivity contribution in [3.63, 3.8) is 0 Å². The fraction of sp³-hybridized carbons (Fsp3) is 0.571. The lowest BCUT2D eigenvalue weighted by atomic mass is 9.88. The van der Waals surface area contributed by atoms with Crippen LogP contribution in [0.25, 0.3) is 10.2 Å². The van der Waals surface area contributed by atoms with E-state index in [9.17, 15) is 0 Å². The highest BCUT2D eigenvalue weighted by Crippen LogP contribution is 2.44. The summed E-state index contributed by atoms with van der Waals surface area (Å²) in [5.74, 6) is 7.63. The Balaban J connectivity index is 1.85. The molecule has 106 valence electrons. The summed E-state index contributed by atoms with van der Waals surface area (Å²) in [6.45, 7) is 4.21. The van der Waals surface area contributed by atoms with Gasteiger partial charge in [0.15, 0.2) is 5.82 Å². The Bertz CT molecular complexity index is 683. The highest BCUT2D eigenvalue weighted by molar-refractivity contribution is 7.18. The molecular formula is C14H18N4OS. The molecule has 0 amide bonds. The zero-order valence-electron chi connectivity index (χ0n) is 11.6. The van der Waals surface area contributed by atoms with Crippen LogP contribution in [0, 0.1) is 13.8 Å². The zero-order valence-corrected chi connectivity index (χ0v) is 12.5. The van der Waals surface area contributed by atoms with Crippen molar-refractivity contribution in [2.45, 2.75) is 51.2 Å². The van der Waals surface area contributed by atoms with E-state index in [0.29, 0.717) is 18.1 Å². The number of rotatable bonds is 2. The van der Waals surface area contributed by atoms with Crippen LogP contribution >= 0.6 is 11.3 Å². The third-order valence-electron chi connectivity index (χ3n) is 4.62. The summed E-state index contributed by atoms with van der Waals surface area (Å²) in [5, 5.41) is 1.06. The largest absolute Gasteiger partial charge is 0.374 e. The standard InChI is InChI=1S/C14H18N4OS/c1-6-7(2)20-14-11(6)13(18-15)16-12(17-14)9-5-8-3-4-10(9)19-8/h8-10H,3-5,15H2,1-2H3,(H,16,17,18). The molecular weight excluding hydrogens is 272 g/mol. The van der Waals surface area contributed by atoms with Crippen molar-refractivity contribution in [1.29, 1.82) is 0 Å². The van der Waals surface area contributed by atoms with Gasteiger partial charge in [0.1, 0.15) is 10.7 Å². The second-order valence-electron chi connectivity index (χ2n) is 5.75. The molecule has 20 heavy (non-hydrogen) atoms.